The van der Waals surface area contributed by atoms with Crippen molar-refractivity contribution in [3.8, 4) is 5.75 Å². The molecule has 0 bridgehead atoms. The van der Waals surface area contributed by atoms with Gasteiger partial charge in [0, 0.05) is 0 Å². The van der Waals surface area contributed by atoms with Gasteiger partial charge in [0.15, 0.2) is 0 Å². The van der Waals surface area contributed by atoms with Gasteiger partial charge in [-0.05, 0) is 52.3 Å². The second-order valence-corrected chi connectivity index (χ2v) is 5.45. The van der Waals surface area contributed by atoms with Crippen molar-refractivity contribution in [2.75, 3.05) is 0 Å². The Morgan fingerprint density at radius 3 is 2.44 bits per heavy atom. The first-order valence-corrected chi connectivity index (χ1v) is 7.32. The van der Waals surface area contributed by atoms with Gasteiger partial charge in [0.1, 0.15) is 12.4 Å². The molecule has 0 aliphatic rings. The van der Waals surface area contributed by atoms with E-state index in [0.29, 0.717) is 6.61 Å². The summed E-state index contributed by atoms with van der Waals surface area (Å²) < 4.78 is 7.04. The lowest BCUT2D eigenvalue weighted by Crippen LogP contribution is -1.97. The topological polar surface area (TPSA) is 9.23 Å². The molecular weight excluding hydrogens is 335 g/mol. The van der Waals surface area contributed by atoms with Crippen molar-refractivity contribution in [3.63, 3.8) is 0 Å². The number of hydrogen-bond acceptors (Lipinski definition) is 1. The van der Waals surface area contributed by atoms with Gasteiger partial charge in [-0.3, -0.25) is 0 Å². The molecule has 94 valence electrons. The third-order valence-electron chi connectivity index (χ3n) is 2.77. The molecule has 0 aromatic heterocycles. The molecule has 0 N–H and O–H groups in total. The van der Waals surface area contributed by atoms with E-state index in [9.17, 15) is 0 Å². The van der Waals surface area contributed by atoms with Crippen LogP contribution < -0.4 is 4.74 Å². The Morgan fingerprint density at radius 1 is 1.00 bits per heavy atom. The van der Waals surface area contributed by atoms with Gasteiger partial charge in [-0.2, -0.15) is 0 Å². The van der Waals surface area contributed by atoms with Crippen LogP contribution in [0, 0.1) is 3.57 Å². The number of aryl methyl sites for hydroxylation is 1. The highest BCUT2D eigenvalue weighted by Crippen LogP contribution is 2.23. The summed E-state index contributed by atoms with van der Waals surface area (Å²) in [5, 5.41) is 0. The van der Waals surface area contributed by atoms with Crippen LogP contribution in [0.3, 0.4) is 0 Å². The zero-order valence-corrected chi connectivity index (χ0v) is 12.7. The van der Waals surface area contributed by atoms with Crippen molar-refractivity contribution in [3.05, 3.63) is 63.2 Å². The van der Waals surface area contributed by atoms with Crippen molar-refractivity contribution in [2.45, 2.75) is 26.4 Å². The lowest BCUT2D eigenvalue weighted by molar-refractivity contribution is 0.304. The maximum atomic E-state index is 5.85. The van der Waals surface area contributed by atoms with E-state index in [-0.39, 0.29) is 0 Å². The van der Waals surface area contributed by atoms with Crippen molar-refractivity contribution in [1.82, 2.24) is 0 Å². The van der Waals surface area contributed by atoms with Gasteiger partial charge in [0.05, 0.1) is 3.57 Å². The maximum Gasteiger partial charge on any atom is 0.133 e. The molecular formula is C16H17IO. The highest BCUT2D eigenvalue weighted by Gasteiger charge is 2.02. The Hall–Kier alpha value is -1.03. The minimum Gasteiger partial charge on any atom is -0.488 e. The van der Waals surface area contributed by atoms with Gasteiger partial charge >= 0.3 is 0 Å². The fraction of sp³-hybridized carbons (Fsp3) is 0.250. The number of ether oxygens (including phenoxy) is 1. The summed E-state index contributed by atoms with van der Waals surface area (Å²) in [6.45, 7) is 2.83. The standard InChI is InChI=1S/C16H17IO/c1-2-6-13-9-10-16(15(17)11-13)18-12-14-7-4-3-5-8-14/h3-5,7-11H,2,6,12H2,1H3. The van der Waals surface area contributed by atoms with Crippen LogP contribution >= 0.6 is 22.6 Å². The molecule has 18 heavy (non-hydrogen) atoms. The number of rotatable bonds is 5. The predicted octanol–water partition coefficient (Wildman–Crippen LogP) is 4.82. The Bertz CT molecular complexity index is 494. The van der Waals surface area contributed by atoms with Gasteiger partial charge < -0.3 is 4.74 Å². The Labute approximate surface area is 122 Å². The maximum absolute atomic E-state index is 5.85. The molecule has 0 fully saturated rings. The molecule has 0 aliphatic carbocycles. The molecule has 0 saturated heterocycles. The Morgan fingerprint density at radius 2 is 1.78 bits per heavy atom. The molecule has 0 heterocycles. The van der Waals surface area contributed by atoms with E-state index in [1.807, 2.05) is 18.2 Å². The Balaban J connectivity index is 2.01. The fourth-order valence-electron chi connectivity index (χ4n) is 1.84. The lowest BCUT2D eigenvalue weighted by atomic mass is 10.1. The molecule has 2 heteroatoms. The second kappa shape index (κ2) is 6.78. The summed E-state index contributed by atoms with van der Waals surface area (Å²) in [7, 11) is 0. The fourth-order valence-corrected chi connectivity index (χ4v) is 2.58. The third-order valence-corrected chi connectivity index (χ3v) is 3.62. The van der Waals surface area contributed by atoms with Crippen LogP contribution in [-0.4, -0.2) is 0 Å². The minimum atomic E-state index is 0.629. The third kappa shape index (κ3) is 3.73. The molecule has 2 aromatic rings. The molecule has 0 atom stereocenters. The summed E-state index contributed by atoms with van der Waals surface area (Å²) in [5.41, 5.74) is 2.58. The van der Waals surface area contributed by atoms with Crippen molar-refractivity contribution >= 4 is 22.6 Å². The van der Waals surface area contributed by atoms with Gasteiger partial charge in [-0.25, -0.2) is 0 Å². The normalized spacial score (nSPS) is 10.3. The zero-order valence-electron chi connectivity index (χ0n) is 10.5. The average Bonchev–Trinajstić information content (AvgIpc) is 2.39. The highest BCUT2D eigenvalue weighted by atomic mass is 127. The molecule has 0 aliphatic heterocycles. The molecule has 2 rings (SSSR count). The SMILES string of the molecule is CCCc1ccc(OCc2ccccc2)c(I)c1. The van der Waals surface area contributed by atoms with Gasteiger partial charge in [0.2, 0.25) is 0 Å². The Kier molecular flexibility index (Phi) is 5.05. The van der Waals surface area contributed by atoms with Gasteiger partial charge in [0.25, 0.3) is 0 Å². The second-order valence-electron chi connectivity index (χ2n) is 4.29. The average molecular weight is 352 g/mol. The van der Waals surface area contributed by atoms with Crippen LogP contribution in [0.2, 0.25) is 0 Å². The first-order valence-electron chi connectivity index (χ1n) is 6.24. The van der Waals surface area contributed by atoms with E-state index in [0.717, 1.165) is 12.2 Å². The highest BCUT2D eigenvalue weighted by molar-refractivity contribution is 14.1. The van der Waals surface area contributed by atoms with E-state index in [1.54, 1.807) is 0 Å². The predicted molar refractivity (Wildman–Crippen MR) is 83.9 cm³/mol. The van der Waals surface area contributed by atoms with E-state index < -0.39 is 0 Å². The molecule has 1 nitrogen and oxygen atoms in total. The quantitative estimate of drug-likeness (QED) is 0.701. The number of hydrogen-bond donors (Lipinski definition) is 0. The monoisotopic (exact) mass is 352 g/mol. The van der Waals surface area contributed by atoms with Crippen molar-refractivity contribution in [1.29, 1.82) is 0 Å². The first-order chi connectivity index (χ1) is 8.79. The summed E-state index contributed by atoms with van der Waals surface area (Å²) in [6, 6.07) is 16.7. The van der Waals surface area contributed by atoms with Gasteiger partial charge in [-0.15, -0.1) is 0 Å². The van der Waals surface area contributed by atoms with E-state index in [1.165, 1.54) is 21.1 Å². The van der Waals surface area contributed by atoms with E-state index in [2.05, 4.69) is 59.8 Å². The van der Waals surface area contributed by atoms with Crippen LogP contribution in [0.25, 0.3) is 0 Å². The molecule has 0 spiro atoms. The summed E-state index contributed by atoms with van der Waals surface area (Å²) in [6.07, 6.45) is 2.31. The van der Waals surface area contributed by atoms with E-state index in [4.69, 9.17) is 4.74 Å². The van der Waals surface area contributed by atoms with Crippen LogP contribution in [0.4, 0.5) is 0 Å². The lowest BCUT2D eigenvalue weighted by Gasteiger charge is -2.09. The van der Waals surface area contributed by atoms with Crippen molar-refractivity contribution < 1.29 is 4.74 Å². The van der Waals surface area contributed by atoms with Crippen molar-refractivity contribution in [2.24, 2.45) is 0 Å². The number of halogens is 1. The van der Waals surface area contributed by atoms with Crippen LogP contribution in [-0.2, 0) is 13.0 Å². The number of benzene rings is 2. The summed E-state index contributed by atoms with van der Waals surface area (Å²) in [5.74, 6) is 0.972. The molecule has 0 amide bonds. The zero-order chi connectivity index (χ0) is 12.8. The molecule has 0 unspecified atom stereocenters. The smallest absolute Gasteiger partial charge is 0.133 e. The van der Waals surface area contributed by atoms with Crippen LogP contribution in [0.15, 0.2) is 48.5 Å². The first kappa shape index (κ1) is 13.4. The largest absolute Gasteiger partial charge is 0.488 e. The van der Waals surface area contributed by atoms with E-state index >= 15 is 0 Å². The van der Waals surface area contributed by atoms with Crippen LogP contribution in [0.1, 0.15) is 24.5 Å². The molecule has 0 saturated carbocycles. The summed E-state index contributed by atoms with van der Waals surface area (Å²) in [4.78, 5) is 0. The molecule has 2 aromatic carbocycles. The summed E-state index contributed by atoms with van der Waals surface area (Å²) >= 11 is 2.34. The minimum absolute atomic E-state index is 0.629. The molecule has 0 radical (unpaired) electrons. The van der Waals surface area contributed by atoms with Gasteiger partial charge in [-0.1, -0.05) is 49.7 Å². The van der Waals surface area contributed by atoms with Crippen LogP contribution in [0.5, 0.6) is 5.75 Å².